The molecule has 0 aromatic carbocycles. The van der Waals surface area contributed by atoms with Crippen LogP contribution in [-0.2, 0) is 14.3 Å². The van der Waals surface area contributed by atoms with Crippen molar-refractivity contribution in [3.05, 3.63) is 24.5 Å². The van der Waals surface area contributed by atoms with Crippen LogP contribution in [-0.4, -0.2) is 71.4 Å². The third-order valence-corrected chi connectivity index (χ3v) is 6.28. The Kier molecular flexibility index (Phi) is 7.40. The molecule has 1 aromatic heterocycles. The highest BCUT2D eigenvalue weighted by Crippen LogP contribution is 2.40. The van der Waals surface area contributed by atoms with E-state index < -0.39 is 30.1 Å². The maximum absolute atomic E-state index is 12.6. The van der Waals surface area contributed by atoms with E-state index in [1.54, 1.807) is 12.4 Å². The minimum Gasteiger partial charge on any atom is -0.481 e. The fourth-order valence-corrected chi connectivity index (χ4v) is 4.49. The number of rotatable bonds is 7. The van der Waals surface area contributed by atoms with Crippen molar-refractivity contribution in [2.24, 2.45) is 5.92 Å². The van der Waals surface area contributed by atoms with Gasteiger partial charge in [-0.25, -0.2) is 4.79 Å². The molecule has 1 N–H and O–H groups in total. The Bertz CT molecular complexity index is 744. The van der Waals surface area contributed by atoms with E-state index >= 15 is 0 Å². The van der Waals surface area contributed by atoms with Gasteiger partial charge in [-0.1, -0.05) is 0 Å². The molecule has 2 heterocycles. The lowest BCUT2D eigenvalue weighted by molar-refractivity contribution is -0.218. The summed E-state index contributed by atoms with van der Waals surface area (Å²) in [4.78, 5) is 31.2. The first-order chi connectivity index (χ1) is 14.7. The Labute approximate surface area is 179 Å². The predicted octanol–water partition coefficient (Wildman–Crippen LogP) is 3.10. The highest BCUT2D eigenvalue weighted by atomic mass is 19.4. The van der Waals surface area contributed by atoms with Crippen molar-refractivity contribution in [3.63, 3.8) is 0 Å². The number of ether oxygens (including phenoxy) is 1. The maximum atomic E-state index is 12.6. The van der Waals surface area contributed by atoms with Crippen LogP contribution in [0, 0.1) is 5.92 Å². The van der Waals surface area contributed by atoms with Crippen molar-refractivity contribution >= 4 is 17.6 Å². The number of alkyl halides is 3. The molecule has 2 fully saturated rings. The van der Waals surface area contributed by atoms with Gasteiger partial charge in [0.1, 0.15) is 5.60 Å². The van der Waals surface area contributed by atoms with Crippen molar-refractivity contribution in [1.29, 1.82) is 0 Å². The van der Waals surface area contributed by atoms with Crippen molar-refractivity contribution in [1.82, 2.24) is 9.88 Å². The third-order valence-electron chi connectivity index (χ3n) is 6.28. The molecule has 0 atom stereocenters. The molecule has 0 amide bonds. The second kappa shape index (κ2) is 9.84. The Morgan fingerprint density at radius 2 is 1.74 bits per heavy atom. The molecule has 1 aromatic rings. The summed E-state index contributed by atoms with van der Waals surface area (Å²) in [7, 11) is 0. The molecule has 0 spiro atoms. The Balaban J connectivity index is 1.44. The lowest BCUT2D eigenvalue weighted by Gasteiger charge is -2.40. The average Bonchev–Trinajstić information content (AvgIpc) is 2.73. The van der Waals surface area contributed by atoms with Gasteiger partial charge in [0.05, 0.1) is 6.42 Å². The number of piperazine rings is 1. The molecule has 0 unspecified atom stereocenters. The van der Waals surface area contributed by atoms with Gasteiger partial charge in [0.25, 0.3) is 0 Å². The SMILES string of the molecule is O=C(O)CC1(OC(=O)C(F)(F)F)CCC(CCN2CCN(c3ccncc3)CC2)CC1. The third kappa shape index (κ3) is 6.56. The Morgan fingerprint density at radius 1 is 1.13 bits per heavy atom. The minimum absolute atomic E-state index is 0.140. The number of halogens is 3. The van der Waals surface area contributed by atoms with Crippen LogP contribution >= 0.6 is 0 Å². The standard InChI is InChI=1S/C21H28F3N3O4/c22-21(23,24)19(30)31-20(15-18(28)29)6-1-16(2-7-20)5-10-26-11-13-27(14-12-26)17-3-8-25-9-4-17/h3-4,8-9,16H,1-2,5-7,10-15H2,(H,28,29). The molecule has 10 heteroatoms. The zero-order valence-electron chi connectivity index (χ0n) is 17.3. The van der Waals surface area contributed by atoms with E-state index in [2.05, 4.69) is 19.5 Å². The predicted molar refractivity (Wildman–Crippen MR) is 107 cm³/mol. The number of hydrogen-bond acceptors (Lipinski definition) is 6. The van der Waals surface area contributed by atoms with Gasteiger partial charge < -0.3 is 14.7 Å². The molecule has 7 nitrogen and oxygen atoms in total. The smallest absolute Gasteiger partial charge is 0.481 e. The van der Waals surface area contributed by atoms with Crippen molar-refractivity contribution in [2.45, 2.75) is 50.3 Å². The van der Waals surface area contributed by atoms with E-state index in [1.807, 2.05) is 12.1 Å². The van der Waals surface area contributed by atoms with E-state index in [0.29, 0.717) is 12.8 Å². The highest BCUT2D eigenvalue weighted by Gasteiger charge is 2.48. The lowest BCUT2D eigenvalue weighted by Crippen LogP contribution is -2.47. The molecule has 1 saturated carbocycles. The van der Waals surface area contributed by atoms with E-state index in [9.17, 15) is 22.8 Å². The highest BCUT2D eigenvalue weighted by molar-refractivity contribution is 5.77. The monoisotopic (exact) mass is 443 g/mol. The first kappa shape index (κ1) is 23.3. The summed E-state index contributed by atoms with van der Waals surface area (Å²) in [5.41, 5.74) is -0.407. The van der Waals surface area contributed by atoms with Gasteiger partial charge in [-0.2, -0.15) is 13.2 Å². The van der Waals surface area contributed by atoms with E-state index in [-0.39, 0.29) is 18.8 Å². The Morgan fingerprint density at radius 3 is 2.29 bits per heavy atom. The van der Waals surface area contributed by atoms with E-state index in [1.165, 1.54) is 0 Å². The number of esters is 1. The number of carboxylic acid groups (broad SMARTS) is 1. The van der Waals surface area contributed by atoms with Crippen molar-refractivity contribution in [2.75, 3.05) is 37.6 Å². The van der Waals surface area contributed by atoms with Gasteiger partial charge in [0.2, 0.25) is 0 Å². The molecule has 3 rings (SSSR count). The molecule has 0 bridgehead atoms. The van der Waals surface area contributed by atoms with Crippen LogP contribution in [0.4, 0.5) is 18.9 Å². The first-order valence-electron chi connectivity index (χ1n) is 10.6. The van der Waals surface area contributed by atoms with Gasteiger partial charge in [0, 0.05) is 44.3 Å². The summed E-state index contributed by atoms with van der Waals surface area (Å²) < 4.78 is 42.5. The number of aromatic nitrogens is 1. The lowest BCUT2D eigenvalue weighted by atomic mass is 9.75. The van der Waals surface area contributed by atoms with Gasteiger partial charge in [0.15, 0.2) is 0 Å². The second-order valence-corrected chi connectivity index (χ2v) is 8.41. The van der Waals surface area contributed by atoms with Crippen molar-refractivity contribution in [3.8, 4) is 0 Å². The number of hydrogen-bond donors (Lipinski definition) is 1. The zero-order valence-corrected chi connectivity index (χ0v) is 17.3. The average molecular weight is 443 g/mol. The quantitative estimate of drug-likeness (QED) is 0.649. The molecule has 1 aliphatic carbocycles. The molecular weight excluding hydrogens is 415 g/mol. The van der Waals surface area contributed by atoms with Crippen LogP contribution in [0.25, 0.3) is 0 Å². The molecule has 172 valence electrons. The number of nitrogens with zero attached hydrogens (tertiary/aromatic N) is 3. The largest absolute Gasteiger partial charge is 0.490 e. The number of pyridine rings is 1. The van der Waals surface area contributed by atoms with Crippen LogP contribution in [0.2, 0.25) is 0 Å². The molecule has 0 radical (unpaired) electrons. The minimum atomic E-state index is -5.12. The number of carbonyl (C=O) groups excluding carboxylic acids is 1. The zero-order chi connectivity index (χ0) is 22.5. The van der Waals surface area contributed by atoms with Crippen LogP contribution in [0.15, 0.2) is 24.5 Å². The van der Waals surface area contributed by atoms with Gasteiger partial charge in [-0.05, 0) is 56.7 Å². The van der Waals surface area contributed by atoms with Gasteiger partial charge in [-0.15, -0.1) is 0 Å². The molecule has 2 aliphatic rings. The topological polar surface area (TPSA) is 83.0 Å². The second-order valence-electron chi connectivity index (χ2n) is 8.41. The normalized spacial score (nSPS) is 25.3. The Hall–Kier alpha value is -2.36. The molecular formula is C21H28F3N3O4. The molecule has 1 saturated heterocycles. The fraction of sp³-hybridized carbons (Fsp3) is 0.667. The van der Waals surface area contributed by atoms with Crippen molar-refractivity contribution < 1.29 is 32.6 Å². The summed E-state index contributed by atoms with van der Waals surface area (Å²) in [6, 6.07) is 3.99. The summed E-state index contributed by atoms with van der Waals surface area (Å²) in [6.45, 7) is 4.60. The van der Waals surface area contributed by atoms with Gasteiger partial charge >= 0.3 is 18.1 Å². The number of aliphatic carboxylic acids is 1. The summed E-state index contributed by atoms with van der Waals surface area (Å²) in [6.07, 6.45) is 0.112. The number of anilines is 1. The summed E-state index contributed by atoms with van der Waals surface area (Å²) in [5.74, 6) is -3.29. The first-order valence-corrected chi connectivity index (χ1v) is 10.6. The molecule has 1 aliphatic heterocycles. The van der Waals surface area contributed by atoms with Crippen LogP contribution in [0.5, 0.6) is 0 Å². The van der Waals surface area contributed by atoms with Crippen LogP contribution in [0.1, 0.15) is 38.5 Å². The molecule has 31 heavy (non-hydrogen) atoms. The summed E-state index contributed by atoms with van der Waals surface area (Å²) in [5, 5.41) is 9.10. The maximum Gasteiger partial charge on any atom is 0.490 e. The summed E-state index contributed by atoms with van der Waals surface area (Å²) >= 11 is 0. The fourth-order valence-electron chi connectivity index (χ4n) is 4.49. The van der Waals surface area contributed by atoms with Crippen LogP contribution < -0.4 is 4.90 Å². The van der Waals surface area contributed by atoms with E-state index in [0.717, 1.165) is 44.8 Å². The van der Waals surface area contributed by atoms with E-state index in [4.69, 9.17) is 5.11 Å². The van der Waals surface area contributed by atoms with Crippen LogP contribution in [0.3, 0.4) is 0 Å². The van der Waals surface area contributed by atoms with Gasteiger partial charge in [-0.3, -0.25) is 14.7 Å². The number of carboxylic acids is 1. The number of carbonyl (C=O) groups is 2.